The Morgan fingerprint density at radius 1 is 1.11 bits per heavy atom. The molecule has 5 aromatic rings. The van der Waals surface area contributed by atoms with Crippen LogP contribution in [-0.4, -0.2) is 16.2 Å². The van der Waals surface area contributed by atoms with Gasteiger partial charge in [-0.2, -0.15) is 0 Å². The highest BCUT2D eigenvalue weighted by molar-refractivity contribution is 7.17. The van der Waals surface area contributed by atoms with Gasteiger partial charge in [-0.1, -0.05) is 66.5 Å². The van der Waals surface area contributed by atoms with Crippen LogP contribution in [0.4, 0.5) is 0 Å². The number of carboxylic acid groups (broad SMARTS) is 1. The van der Waals surface area contributed by atoms with E-state index < -0.39 is 5.97 Å². The molecule has 2 heterocycles. The minimum absolute atomic E-state index is 0.0273. The Labute approximate surface area is 234 Å². The van der Waals surface area contributed by atoms with Crippen molar-refractivity contribution in [3.63, 3.8) is 0 Å². The average molecular weight is 567 g/mol. The van der Waals surface area contributed by atoms with Crippen LogP contribution in [0.15, 0.2) is 64.5 Å². The van der Waals surface area contributed by atoms with E-state index >= 15 is 0 Å². The molecule has 8 heteroatoms. The van der Waals surface area contributed by atoms with Gasteiger partial charge in [0.2, 0.25) is 0 Å². The third-order valence-corrected chi connectivity index (χ3v) is 8.06. The van der Waals surface area contributed by atoms with E-state index in [4.69, 9.17) is 37.6 Å². The number of aryl methyl sites for hydroxylation is 1. The van der Waals surface area contributed by atoms with Crippen LogP contribution in [-0.2, 0) is 17.8 Å². The molecule has 1 N–H and O–H groups in total. The van der Waals surface area contributed by atoms with Crippen LogP contribution < -0.4 is 4.74 Å². The summed E-state index contributed by atoms with van der Waals surface area (Å²) in [5.41, 5.74) is 6.10. The lowest BCUT2D eigenvalue weighted by Gasteiger charge is -2.13. The molecule has 0 amide bonds. The average Bonchev–Trinajstić information content (AvgIpc) is 3.46. The van der Waals surface area contributed by atoms with Crippen molar-refractivity contribution >= 4 is 50.6 Å². The number of aliphatic carboxylic acids is 1. The molecule has 0 saturated carbocycles. The van der Waals surface area contributed by atoms with E-state index in [2.05, 4.69) is 11.2 Å². The van der Waals surface area contributed by atoms with Crippen LogP contribution in [0.1, 0.15) is 42.2 Å². The first-order valence-corrected chi connectivity index (χ1v) is 13.7. The quantitative estimate of drug-likeness (QED) is 0.203. The summed E-state index contributed by atoms with van der Waals surface area (Å²) < 4.78 is 13.0. The van der Waals surface area contributed by atoms with Crippen LogP contribution in [0.25, 0.3) is 32.5 Å². The molecule has 194 valence electrons. The molecule has 0 saturated heterocycles. The van der Waals surface area contributed by atoms with Crippen LogP contribution >= 0.6 is 34.5 Å². The number of aromatic nitrogens is 1. The number of nitrogens with zero attached hydrogens (tertiary/aromatic N) is 1. The summed E-state index contributed by atoms with van der Waals surface area (Å²) in [7, 11) is 0. The first-order chi connectivity index (χ1) is 18.2. The molecule has 5 rings (SSSR count). The molecule has 5 nitrogen and oxygen atoms in total. The van der Waals surface area contributed by atoms with Crippen LogP contribution in [0.5, 0.6) is 5.75 Å². The third-order valence-electron chi connectivity index (χ3n) is 6.43. The zero-order chi connectivity index (χ0) is 27.0. The summed E-state index contributed by atoms with van der Waals surface area (Å²) in [4.78, 5) is 11.1. The van der Waals surface area contributed by atoms with Gasteiger partial charge in [-0.25, -0.2) is 0 Å². The van der Waals surface area contributed by atoms with Gasteiger partial charge in [0.25, 0.3) is 0 Å². The van der Waals surface area contributed by atoms with E-state index in [0.29, 0.717) is 21.3 Å². The molecule has 0 bridgehead atoms. The fraction of sp³-hybridized carbons (Fsp3) is 0.200. The predicted molar refractivity (Wildman–Crippen MR) is 154 cm³/mol. The third kappa shape index (κ3) is 5.17. The van der Waals surface area contributed by atoms with E-state index in [9.17, 15) is 4.79 Å². The smallest absolute Gasteiger partial charge is 0.307 e. The normalized spacial score (nSPS) is 11.4. The topological polar surface area (TPSA) is 72.6 Å². The minimum atomic E-state index is -0.825. The van der Waals surface area contributed by atoms with Crippen molar-refractivity contribution in [3.05, 3.63) is 92.5 Å². The van der Waals surface area contributed by atoms with Crippen molar-refractivity contribution in [2.45, 2.75) is 39.7 Å². The van der Waals surface area contributed by atoms with Gasteiger partial charge in [0.05, 0.1) is 22.0 Å². The standard InChI is InChI=1S/C30H25Cl2NO4S/c1-16(2)30-23(29(33-37-30)28-24(31)5-4-6-25(28)32)14-36-20-8-10-21(17(3)11-20)18-7-9-22-19(13-27(34)35)15-38-26(22)12-18/h4-12,15-16H,13-14H2,1-3H3,(H,34,35). The van der Waals surface area contributed by atoms with E-state index in [0.717, 1.165) is 49.4 Å². The predicted octanol–water partition coefficient (Wildman–Crippen LogP) is 9.17. The number of rotatable bonds is 8. The summed E-state index contributed by atoms with van der Waals surface area (Å²) in [5.74, 6) is 0.729. The fourth-order valence-electron chi connectivity index (χ4n) is 4.59. The second-order valence-corrected chi connectivity index (χ2v) is 11.2. The number of carboxylic acids is 1. The van der Waals surface area contributed by atoms with Crippen molar-refractivity contribution in [2.75, 3.05) is 0 Å². The van der Waals surface area contributed by atoms with Gasteiger partial charge in [-0.15, -0.1) is 11.3 Å². The van der Waals surface area contributed by atoms with Crippen molar-refractivity contribution < 1.29 is 19.2 Å². The molecule has 0 aliphatic rings. The van der Waals surface area contributed by atoms with Crippen LogP contribution in [0, 0.1) is 6.92 Å². The largest absolute Gasteiger partial charge is 0.489 e. The lowest BCUT2D eigenvalue weighted by atomic mass is 9.98. The first-order valence-electron chi connectivity index (χ1n) is 12.1. The molecule has 2 aromatic heterocycles. The molecule has 3 aromatic carbocycles. The molecule has 0 aliphatic heterocycles. The Hall–Kier alpha value is -3.32. The highest BCUT2D eigenvalue weighted by Gasteiger charge is 2.24. The monoisotopic (exact) mass is 565 g/mol. The molecule has 38 heavy (non-hydrogen) atoms. The molecular weight excluding hydrogens is 541 g/mol. The van der Waals surface area contributed by atoms with Crippen molar-refractivity contribution in [1.82, 2.24) is 5.16 Å². The summed E-state index contributed by atoms with van der Waals surface area (Å²) in [5, 5.41) is 17.4. The summed E-state index contributed by atoms with van der Waals surface area (Å²) in [6.45, 7) is 6.37. The van der Waals surface area contributed by atoms with Crippen molar-refractivity contribution in [1.29, 1.82) is 0 Å². The maximum Gasteiger partial charge on any atom is 0.307 e. The number of hydrogen-bond donors (Lipinski definition) is 1. The number of halogens is 2. The number of carbonyl (C=O) groups is 1. The van der Waals surface area contributed by atoms with E-state index in [1.807, 2.05) is 56.5 Å². The summed E-state index contributed by atoms with van der Waals surface area (Å²) in [6, 6.07) is 17.5. The first kappa shape index (κ1) is 26.3. The van der Waals surface area contributed by atoms with Gasteiger partial charge >= 0.3 is 5.97 Å². The Kier molecular flexibility index (Phi) is 7.48. The molecule has 0 unspecified atom stereocenters. The molecule has 0 radical (unpaired) electrons. The fourth-order valence-corrected chi connectivity index (χ4v) is 6.17. The zero-order valence-corrected chi connectivity index (χ0v) is 23.4. The zero-order valence-electron chi connectivity index (χ0n) is 21.0. The van der Waals surface area contributed by atoms with Gasteiger partial charge in [0.1, 0.15) is 23.8 Å². The molecule has 0 spiro atoms. The number of thiophene rings is 1. The van der Waals surface area contributed by atoms with Crippen LogP contribution in [0.2, 0.25) is 10.0 Å². The number of fused-ring (bicyclic) bond motifs is 1. The number of benzene rings is 3. The Bertz CT molecular complexity index is 1630. The van der Waals surface area contributed by atoms with Crippen LogP contribution in [0.3, 0.4) is 0 Å². The Balaban J connectivity index is 1.41. The second kappa shape index (κ2) is 10.8. The highest BCUT2D eigenvalue weighted by Crippen LogP contribution is 2.39. The van der Waals surface area contributed by atoms with Gasteiger partial charge in [0.15, 0.2) is 0 Å². The Morgan fingerprint density at radius 2 is 1.87 bits per heavy atom. The molecule has 0 aliphatic carbocycles. The van der Waals surface area contributed by atoms with Crippen molar-refractivity contribution in [3.8, 4) is 28.1 Å². The number of ether oxygens (including phenoxy) is 1. The van der Waals surface area contributed by atoms with Gasteiger partial charge in [0, 0.05) is 16.2 Å². The van der Waals surface area contributed by atoms with Gasteiger partial charge < -0.3 is 14.4 Å². The van der Waals surface area contributed by atoms with Gasteiger partial charge in [-0.05, 0) is 70.3 Å². The van der Waals surface area contributed by atoms with Gasteiger partial charge in [-0.3, -0.25) is 4.79 Å². The van der Waals surface area contributed by atoms with E-state index in [1.54, 1.807) is 29.5 Å². The molecule has 0 fully saturated rings. The van der Waals surface area contributed by atoms with E-state index in [-0.39, 0.29) is 18.9 Å². The maximum atomic E-state index is 11.1. The van der Waals surface area contributed by atoms with Crippen molar-refractivity contribution in [2.24, 2.45) is 0 Å². The molecular formula is C30H25Cl2NO4S. The number of hydrogen-bond acceptors (Lipinski definition) is 5. The lowest BCUT2D eigenvalue weighted by molar-refractivity contribution is -0.136. The maximum absolute atomic E-state index is 11.1. The second-order valence-electron chi connectivity index (χ2n) is 9.43. The minimum Gasteiger partial charge on any atom is -0.489 e. The SMILES string of the molecule is Cc1cc(OCc2c(-c3c(Cl)cccc3Cl)noc2C(C)C)ccc1-c1ccc2c(CC(=O)O)csc2c1. The Morgan fingerprint density at radius 3 is 2.55 bits per heavy atom. The summed E-state index contributed by atoms with van der Waals surface area (Å²) in [6.07, 6.45) is 0.0273. The van der Waals surface area contributed by atoms with E-state index in [1.165, 1.54) is 0 Å². The lowest BCUT2D eigenvalue weighted by Crippen LogP contribution is -2.01. The highest BCUT2D eigenvalue weighted by atomic mass is 35.5. The molecule has 0 atom stereocenters. The summed E-state index contributed by atoms with van der Waals surface area (Å²) >= 11 is 14.5.